The van der Waals surface area contributed by atoms with Gasteiger partial charge in [-0.2, -0.15) is 5.10 Å². The lowest BCUT2D eigenvalue weighted by Gasteiger charge is -2.24. The van der Waals surface area contributed by atoms with E-state index in [4.69, 9.17) is 4.74 Å². The maximum Gasteiger partial charge on any atom is 0.230 e. The van der Waals surface area contributed by atoms with E-state index < -0.39 is 0 Å². The number of likely N-dealkylation sites (tertiary alicyclic amines) is 2. The van der Waals surface area contributed by atoms with Gasteiger partial charge in [-0.1, -0.05) is 12.1 Å². The molecule has 0 saturated carbocycles. The molecular weight excluding hydrogens is 328 g/mol. The van der Waals surface area contributed by atoms with Gasteiger partial charge >= 0.3 is 0 Å². The van der Waals surface area contributed by atoms with Gasteiger partial charge in [0.25, 0.3) is 0 Å². The number of aromatic nitrogens is 2. The van der Waals surface area contributed by atoms with Crippen LogP contribution in [-0.2, 0) is 24.9 Å². The summed E-state index contributed by atoms with van der Waals surface area (Å²) < 4.78 is 7.13. The number of hydrogen-bond donors (Lipinski definition) is 0. The van der Waals surface area contributed by atoms with E-state index in [1.807, 2.05) is 41.0 Å². The molecule has 26 heavy (non-hydrogen) atoms. The van der Waals surface area contributed by atoms with E-state index in [0.29, 0.717) is 12.5 Å². The molecule has 2 saturated heterocycles. The zero-order valence-corrected chi connectivity index (χ0v) is 15.5. The number of carbonyl (C=O) groups excluding carboxylic acids is 1. The highest BCUT2D eigenvalue weighted by atomic mass is 16.5. The Bertz CT molecular complexity index is 803. The van der Waals surface area contributed by atoms with Gasteiger partial charge in [-0.3, -0.25) is 14.4 Å². The molecule has 0 N–H and O–H groups in total. The van der Waals surface area contributed by atoms with Crippen molar-refractivity contribution in [2.75, 3.05) is 26.7 Å². The molecule has 1 aromatic carbocycles. The molecule has 0 bridgehead atoms. The minimum Gasteiger partial charge on any atom is -0.497 e. The Morgan fingerprint density at radius 1 is 1.19 bits per heavy atom. The number of aryl methyl sites for hydroxylation is 1. The molecule has 0 aliphatic carbocycles. The Hall–Kier alpha value is -2.34. The Labute approximate surface area is 154 Å². The van der Waals surface area contributed by atoms with Crippen LogP contribution in [0.1, 0.15) is 24.0 Å². The molecule has 1 atom stereocenters. The normalized spacial score (nSPS) is 23.3. The van der Waals surface area contributed by atoms with Gasteiger partial charge < -0.3 is 9.64 Å². The Kier molecular flexibility index (Phi) is 4.44. The van der Waals surface area contributed by atoms with Crippen molar-refractivity contribution in [3.05, 3.63) is 47.8 Å². The lowest BCUT2D eigenvalue weighted by Crippen LogP contribution is -2.36. The maximum absolute atomic E-state index is 13.1. The van der Waals surface area contributed by atoms with E-state index in [0.717, 1.165) is 50.3 Å². The quantitative estimate of drug-likeness (QED) is 0.825. The number of ether oxygens (including phenoxy) is 1. The number of nitrogens with zero attached hydrogens (tertiary/aromatic N) is 4. The van der Waals surface area contributed by atoms with Gasteiger partial charge in [0.15, 0.2) is 0 Å². The molecule has 3 heterocycles. The number of carbonyl (C=O) groups is 1. The van der Waals surface area contributed by atoms with Crippen LogP contribution in [0.15, 0.2) is 36.7 Å². The molecule has 2 aromatic rings. The summed E-state index contributed by atoms with van der Waals surface area (Å²) in [6.45, 7) is 4.22. The summed E-state index contributed by atoms with van der Waals surface area (Å²) in [5, 5.41) is 4.24. The highest BCUT2D eigenvalue weighted by Crippen LogP contribution is 2.41. The Morgan fingerprint density at radius 2 is 2.04 bits per heavy atom. The number of hydrogen-bond acceptors (Lipinski definition) is 4. The summed E-state index contributed by atoms with van der Waals surface area (Å²) in [4.78, 5) is 17.6. The van der Waals surface area contributed by atoms with E-state index in [9.17, 15) is 4.79 Å². The van der Waals surface area contributed by atoms with E-state index in [2.05, 4.69) is 22.3 Å². The predicted octanol–water partition coefficient (Wildman–Crippen LogP) is 2.05. The Balaban J connectivity index is 1.40. The monoisotopic (exact) mass is 354 g/mol. The van der Waals surface area contributed by atoms with E-state index in [1.54, 1.807) is 7.11 Å². The second kappa shape index (κ2) is 6.76. The average Bonchev–Trinajstić information content (AvgIpc) is 3.32. The number of benzene rings is 1. The van der Waals surface area contributed by atoms with Crippen molar-refractivity contribution in [3.63, 3.8) is 0 Å². The van der Waals surface area contributed by atoms with E-state index >= 15 is 0 Å². The highest BCUT2D eigenvalue weighted by molar-refractivity contribution is 5.85. The molecule has 1 spiro atoms. The van der Waals surface area contributed by atoms with E-state index in [-0.39, 0.29) is 5.41 Å². The van der Waals surface area contributed by atoms with Gasteiger partial charge in [0, 0.05) is 45.0 Å². The number of amides is 1. The lowest BCUT2D eigenvalue weighted by molar-refractivity contribution is -0.136. The summed E-state index contributed by atoms with van der Waals surface area (Å²) in [7, 11) is 3.61. The second-order valence-corrected chi connectivity index (χ2v) is 7.59. The van der Waals surface area contributed by atoms with Crippen molar-refractivity contribution < 1.29 is 9.53 Å². The molecule has 2 fully saturated rings. The molecule has 2 aliphatic heterocycles. The van der Waals surface area contributed by atoms with Gasteiger partial charge in [-0.15, -0.1) is 0 Å². The number of rotatable bonds is 5. The van der Waals surface area contributed by atoms with Gasteiger partial charge in [0.1, 0.15) is 5.75 Å². The van der Waals surface area contributed by atoms with Crippen molar-refractivity contribution in [1.82, 2.24) is 19.6 Å². The van der Waals surface area contributed by atoms with Crippen LogP contribution < -0.4 is 4.74 Å². The molecule has 2 aliphatic rings. The molecule has 1 unspecified atom stereocenters. The third-order valence-corrected chi connectivity index (χ3v) is 5.71. The molecule has 4 rings (SSSR count). The van der Waals surface area contributed by atoms with Crippen LogP contribution in [0.2, 0.25) is 0 Å². The fourth-order valence-electron chi connectivity index (χ4n) is 4.32. The fraction of sp³-hybridized carbons (Fsp3) is 0.500. The van der Waals surface area contributed by atoms with Crippen LogP contribution in [0.5, 0.6) is 5.75 Å². The molecule has 1 amide bonds. The van der Waals surface area contributed by atoms with Gasteiger partial charge in [0.05, 0.1) is 18.7 Å². The Morgan fingerprint density at radius 3 is 2.81 bits per heavy atom. The molecule has 0 radical (unpaired) electrons. The second-order valence-electron chi connectivity index (χ2n) is 7.59. The molecule has 6 nitrogen and oxygen atoms in total. The van der Waals surface area contributed by atoms with Crippen LogP contribution in [0, 0.1) is 5.41 Å². The molecular formula is C20H26N4O2. The maximum atomic E-state index is 13.1. The van der Waals surface area contributed by atoms with Crippen molar-refractivity contribution in [1.29, 1.82) is 0 Å². The standard InChI is InChI=1S/C20H26N4O2/c1-22-12-17(11-21-22)13-23-8-6-20(15-23)7-9-24(19(20)25)14-16-4-3-5-18(10-16)26-2/h3-5,10-12H,6-9,13-15H2,1-2H3. The molecule has 138 valence electrons. The third kappa shape index (κ3) is 3.21. The molecule has 1 aromatic heterocycles. The fourth-order valence-corrected chi connectivity index (χ4v) is 4.32. The van der Waals surface area contributed by atoms with Crippen LogP contribution in [0.25, 0.3) is 0 Å². The first kappa shape index (κ1) is 17.1. The van der Waals surface area contributed by atoms with Gasteiger partial charge in [-0.05, 0) is 37.1 Å². The third-order valence-electron chi connectivity index (χ3n) is 5.71. The van der Waals surface area contributed by atoms with Crippen molar-refractivity contribution in [3.8, 4) is 5.75 Å². The first-order valence-corrected chi connectivity index (χ1v) is 9.20. The van der Waals surface area contributed by atoms with Gasteiger partial charge in [-0.25, -0.2) is 0 Å². The van der Waals surface area contributed by atoms with Crippen LogP contribution in [0.4, 0.5) is 0 Å². The topological polar surface area (TPSA) is 50.6 Å². The summed E-state index contributed by atoms with van der Waals surface area (Å²) in [5.41, 5.74) is 2.14. The first-order chi connectivity index (χ1) is 12.6. The average molecular weight is 354 g/mol. The summed E-state index contributed by atoms with van der Waals surface area (Å²) >= 11 is 0. The van der Waals surface area contributed by atoms with Crippen molar-refractivity contribution >= 4 is 5.91 Å². The largest absolute Gasteiger partial charge is 0.497 e. The van der Waals surface area contributed by atoms with Gasteiger partial charge in [0.2, 0.25) is 5.91 Å². The lowest BCUT2D eigenvalue weighted by atomic mass is 9.85. The summed E-state index contributed by atoms with van der Waals surface area (Å²) in [6, 6.07) is 7.99. The van der Waals surface area contributed by atoms with Crippen molar-refractivity contribution in [2.45, 2.75) is 25.9 Å². The highest BCUT2D eigenvalue weighted by Gasteiger charge is 2.50. The predicted molar refractivity (Wildman–Crippen MR) is 98.6 cm³/mol. The minimum absolute atomic E-state index is 0.193. The van der Waals surface area contributed by atoms with Crippen LogP contribution in [-0.4, -0.2) is 52.2 Å². The zero-order chi connectivity index (χ0) is 18.1. The van der Waals surface area contributed by atoms with Crippen LogP contribution >= 0.6 is 0 Å². The number of methoxy groups -OCH3 is 1. The summed E-state index contributed by atoms with van der Waals surface area (Å²) in [6.07, 6.45) is 5.88. The van der Waals surface area contributed by atoms with Crippen LogP contribution in [0.3, 0.4) is 0 Å². The summed E-state index contributed by atoms with van der Waals surface area (Å²) in [5.74, 6) is 1.15. The first-order valence-electron chi connectivity index (χ1n) is 9.20. The molecule has 6 heteroatoms. The smallest absolute Gasteiger partial charge is 0.230 e. The zero-order valence-electron chi connectivity index (χ0n) is 15.5. The van der Waals surface area contributed by atoms with Crippen molar-refractivity contribution in [2.24, 2.45) is 12.5 Å². The van der Waals surface area contributed by atoms with E-state index in [1.165, 1.54) is 5.56 Å². The SMILES string of the molecule is COc1cccc(CN2CCC3(CCN(Cc4cnn(C)c4)C3)C2=O)c1. The minimum atomic E-state index is -0.193.